The maximum atomic E-state index is 12.6. The van der Waals surface area contributed by atoms with Crippen molar-refractivity contribution in [1.82, 2.24) is 9.55 Å². The highest BCUT2D eigenvalue weighted by molar-refractivity contribution is 5.92. The van der Waals surface area contributed by atoms with Crippen molar-refractivity contribution < 1.29 is 27.4 Å². The van der Waals surface area contributed by atoms with Gasteiger partial charge in [0.1, 0.15) is 5.75 Å². The van der Waals surface area contributed by atoms with E-state index in [1.165, 1.54) is 19.2 Å². The van der Waals surface area contributed by atoms with Crippen LogP contribution in [0.25, 0.3) is 22.2 Å². The smallest absolute Gasteiger partial charge is 0.465 e. The van der Waals surface area contributed by atoms with Gasteiger partial charge in [-0.3, -0.25) is 0 Å². The van der Waals surface area contributed by atoms with Gasteiger partial charge < -0.3 is 19.4 Å². The number of anilines is 2. The SMILES string of the molecule is COC(=O)c1cccc(-c2ccc3c(c2)nc(Nc2ccc(OC(F)(F)F)cc2)n3[C@H]2C[C@@H](C)CC(C)(C)C2)c1. The molecular weight excluding hydrogens is 519 g/mol. The molecule has 6 nitrogen and oxygen atoms in total. The molecule has 1 aliphatic carbocycles. The zero-order chi connectivity index (χ0) is 28.7. The standard InChI is InChI=1S/C31H32F3N3O3/c1-19-14-24(18-30(2,3)17-19)37-27-13-8-21(20-6-5-7-22(15-20)28(38)39-4)16-26(27)36-29(37)35-23-9-11-25(12-10-23)40-31(32,33)34/h5-13,15-16,19,24H,14,17-18H2,1-4H3,(H,35,36)/t19-,24+/m1/s1. The number of nitrogens with one attached hydrogen (secondary N) is 1. The first-order valence-corrected chi connectivity index (χ1v) is 13.2. The van der Waals surface area contributed by atoms with E-state index in [0.717, 1.165) is 41.4 Å². The Labute approximate surface area is 231 Å². The molecule has 5 rings (SSSR count). The molecule has 0 spiro atoms. The molecule has 0 saturated heterocycles. The predicted molar refractivity (Wildman–Crippen MR) is 149 cm³/mol. The number of imidazole rings is 1. The summed E-state index contributed by atoms with van der Waals surface area (Å²) in [5.41, 5.74) is 4.71. The van der Waals surface area contributed by atoms with Gasteiger partial charge in [-0.1, -0.05) is 39.0 Å². The fourth-order valence-electron chi connectivity index (χ4n) is 6.04. The second-order valence-electron chi connectivity index (χ2n) is 11.3. The van der Waals surface area contributed by atoms with E-state index in [2.05, 4.69) is 35.4 Å². The molecule has 4 aromatic rings. The number of ether oxygens (including phenoxy) is 2. The Kier molecular flexibility index (Phi) is 7.25. The van der Waals surface area contributed by atoms with E-state index in [-0.39, 0.29) is 17.2 Å². The number of benzene rings is 3. The molecule has 1 aromatic heterocycles. The topological polar surface area (TPSA) is 65.4 Å². The molecule has 1 fully saturated rings. The maximum absolute atomic E-state index is 12.6. The van der Waals surface area contributed by atoms with E-state index in [1.54, 1.807) is 24.3 Å². The van der Waals surface area contributed by atoms with Crippen molar-refractivity contribution in [3.63, 3.8) is 0 Å². The fraction of sp³-hybridized carbons (Fsp3) is 0.355. The van der Waals surface area contributed by atoms with Gasteiger partial charge in [-0.15, -0.1) is 13.2 Å². The lowest BCUT2D eigenvalue weighted by Gasteiger charge is -2.40. The summed E-state index contributed by atoms with van der Waals surface area (Å²) >= 11 is 0. The molecule has 0 aliphatic heterocycles. The molecular formula is C31H32F3N3O3. The van der Waals surface area contributed by atoms with E-state index in [1.807, 2.05) is 30.3 Å². The summed E-state index contributed by atoms with van der Waals surface area (Å²) in [6, 6.07) is 19.1. The number of rotatable bonds is 6. The van der Waals surface area contributed by atoms with Crippen LogP contribution in [0.3, 0.4) is 0 Å². The number of alkyl halides is 3. The van der Waals surface area contributed by atoms with Crippen molar-refractivity contribution in [3.05, 3.63) is 72.3 Å². The van der Waals surface area contributed by atoms with Crippen molar-refractivity contribution in [2.24, 2.45) is 11.3 Å². The van der Waals surface area contributed by atoms with E-state index in [4.69, 9.17) is 9.72 Å². The van der Waals surface area contributed by atoms with E-state index >= 15 is 0 Å². The highest BCUT2D eigenvalue weighted by Gasteiger charge is 2.35. The first kappa shape index (κ1) is 27.6. The summed E-state index contributed by atoms with van der Waals surface area (Å²) in [6.45, 7) is 6.84. The molecule has 210 valence electrons. The van der Waals surface area contributed by atoms with Crippen LogP contribution in [0.4, 0.5) is 24.8 Å². The monoisotopic (exact) mass is 551 g/mol. The molecule has 2 atom stereocenters. The van der Waals surface area contributed by atoms with E-state index < -0.39 is 12.3 Å². The number of nitrogens with zero attached hydrogens (tertiary/aromatic N) is 2. The third-order valence-electron chi connectivity index (χ3n) is 7.38. The Balaban J connectivity index is 1.55. The van der Waals surface area contributed by atoms with Gasteiger partial charge in [0.2, 0.25) is 5.95 Å². The Bertz CT molecular complexity index is 1530. The second kappa shape index (κ2) is 10.5. The quantitative estimate of drug-likeness (QED) is 0.243. The molecule has 1 heterocycles. The normalized spacial score (nSPS) is 18.9. The number of carbonyl (C=O) groups excluding carboxylic acids is 1. The average molecular weight is 552 g/mol. The van der Waals surface area contributed by atoms with Crippen LogP contribution in [-0.2, 0) is 4.74 Å². The molecule has 1 N–H and O–H groups in total. The number of aromatic nitrogens is 2. The highest BCUT2D eigenvalue weighted by Crippen LogP contribution is 2.46. The van der Waals surface area contributed by atoms with Crippen molar-refractivity contribution in [1.29, 1.82) is 0 Å². The Morgan fingerprint density at radius 3 is 2.42 bits per heavy atom. The third kappa shape index (κ3) is 6.08. The Morgan fingerprint density at radius 1 is 1.02 bits per heavy atom. The first-order chi connectivity index (χ1) is 18.9. The number of hydrogen-bond acceptors (Lipinski definition) is 5. The summed E-state index contributed by atoms with van der Waals surface area (Å²) in [6.07, 6.45) is -1.65. The number of halogens is 3. The third-order valence-corrected chi connectivity index (χ3v) is 7.38. The number of methoxy groups -OCH3 is 1. The van der Waals surface area contributed by atoms with Gasteiger partial charge in [0.25, 0.3) is 0 Å². The van der Waals surface area contributed by atoms with Crippen LogP contribution < -0.4 is 10.1 Å². The molecule has 0 bridgehead atoms. The van der Waals surface area contributed by atoms with Crippen molar-refractivity contribution in [2.75, 3.05) is 12.4 Å². The van der Waals surface area contributed by atoms with Gasteiger partial charge >= 0.3 is 12.3 Å². The lowest BCUT2D eigenvalue weighted by atomic mass is 9.70. The minimum absolute atomic E-state index is 0.154. The minimum atomic E-state index is -4.75. The minimum Gasteiger partial charge on any atom is -0.465 e. The Morgan fingerprint density at radius 2 is 1.75 bits per heavy atom. The van der Waals surface area contributed by atoms with Crippen LogP contribution >= 0.6 is 0 Å². The molecule has 0 radical (unpaired) electrons. The molecule has 0 unspecified atom stereocenters. The molecule has 1 saturated carbocycles. The van der Waals surface area contributed by atoms with Gasteiger partial charge in [-0.25, -0.2) is 9.78 Å². The maximum Gasteiger partial charge on any atom is 0.573 e. The summed E-state index contributed by atoms with van der Waals surface area (Å²) in [7, 11) is 1.35. The number of hydrogen-bond donors (Lipinski definition) is 1. The lowest BCUT2D eigenvalue weighted by Crippen LogP contribution is -2.29. The van der Waals surface area contributed by atoms with E-state index in [9.17, 15) is 18.0 Å². The van der Waals surface area contributed by atoms with Crippen molar-refractivity contribution in [3.8, 4) is 16.9 Å². The van der Waals surface area contributed by atoms with Crippen LogP contribution in [0.5, 0.6) is 5.75 Å². The molecule has 3 aromatic carbocycles. The number of fused-ring (bicyclic) bond motifs is 1. The fourth-order valence-corrected chi connectivity index (χ4v) is 6.04. The van der Waals surface area contributed by atoms with Gasteiger partial charge in [0.15, 0.2) is 0 Å². The molecule has 0 amide bonds. The van der Waals surface area contributed by atoms with Gasteiger partial charge in [-0.05, 0) is 90.3 Å². The van der Waals surface area contributed by atoms with Gasteiger partial charge in [0, 0.05) is 11.7 Å². The second-order valence-corrected chi connectivity index (χ2v) is 11.3. The van der Waals surface area contributed by atoms with Crippen LogP contribution in [-0.4, -0.2) is 29.0 Å². The van der Waals surface area contributed by atoms with Crippen molar-refractivity contribution >= 4 is 28.6 Å². The lowest BCUT2D eigenvalue weighted by molar-refractivity contribution is -0.274. The van der Waals surface area contributed by atoms with Crippen LogP contribution in [0.2, 0.25) is 0 Å². The molecule has 9 heteroatoms. The first-order valence-electron chi connectivity index (χ1n) is 13.2. The van der Waals surface area contributed by atoms with Gasteiger partial charge in [-0.2, -0.15) is 0 Å². The number of esters is 1. The van der Waals surface area contributed by atoms with Crippen LogP contribution in [0.15, 0.2) is 66.7 Å². The number of carbonyl (C=O) groups is 1. The predicted octanol–water partition coefficient (Wildman–Crippen LogP) is 8.52. The summed E-state index contributed by atoms with van der Waals surface area (Å²) in [5.74, 6) is 0.459. The summed E-state index contributed by atoms with van der Waals surface area (Å²) in [5, 5.41) is 3.34. The summed E-state index contributed by atoms with van der Waals surface area (Å²) in [4.78, 5) is 17.0. The average Bonchev–Trinajstić information content (AvgIpc) is 3.24. The van der Waals surface area contributed by atoms with Crippen LogP contribution in [0.1, 0.15) is 56.4 Å². The van der Waals surface area contributed by atoms with Crippen molar-refractivity contribution in [2.45, 2.75) is 52.4 Å². The Hall–Kier alpha value is -4.01. The highest BCUT2D eigenvalue weighted by atomic mass is 19.4. The molecule has 1 aliphatic rings. The van der Waals surface area contributed by atoms with E-state index in [0.29, 0.717) is 23.1 Å². The summed E-state index contributed by atoms with van der Waals surface area (Å²) < 4.78 is 49.0. The zero-order valence-corrected chi connectivity index (χ0v) is 22.9. The largest absolute Gasteiger partial charge is 0.573 e. The van der Waals surface area contributed by atoms with Gasteiger partial charge in [0.05, 0.1) is 23.7 Å². The molecule has 40 heavy (non-hydrogen) atoms. The van der Waals surface area contributed by atoms with Crippen LogP contribution in [0, 0.1) is 11.3 Å². The zero-order valence-electron chi connectivity index (χ0n) is 22.9.